The smallest absolute Gasteiger partial charge is 0.271 e. The monoisotopic (exact) mass is 365 g/mol. The molecule has 132 valence electrons. The Morgan fingerprint density at radius 1 is 0.846 bits per heavy atom. The number of hydrogen-bond donors (Lipinski definition) is 2. The van der Waals surface area contributed by atoms with Crippen molar-refractivity contribution in [3.63, 3.8) is 0 Å². The number of rotatable bonds is 6. The molecule has 0 bridgehead atoms. The van der Waals surface area contributed by atoms with Crippen LogP contribution in [0.1, 0.15) is 16.8 Å². The Labute approximate surface area is 156 Å². The minimum atomic E-state index is -0.349. The number of hydrogen-bond acceptors (Lipinski definition) is 3. The summed E-state index contributed by atoms with van der Waals surface area (Å²) in [7, 11) is 0. The van der Waals surface area contributed by atoms with Crippen molar-refractivity contribution in [1.29, 1.82) is 0 Å². The summed E-state index contributed by atoms with van der Waals surface area (Å²) < 4.78 is 1.85. The van der Waals surface area contributed by atoms with E-state index in [2.05, 4.69) is 10.9 Å². The van der Waals surface area contributed by atoms with E-state index in [1.54, 1.807) is 23.9 Å². The Balaban J connectivity index is 1.50. The first kappa shape index (κ1) is 17.8. The van der Waals surface area contributed by atoms with Crippen LogP contribution in [0.2, 0.25) is 0 Å². The first-order valence-corrected chi connectivity index (χ1v) is 9.22. The highest BCUT2D eigenvalue weighted by Gasteiger charge is 2.12. The van der Waals surface area contributed by atoms with Crippen molar-refractivity contribution in [3.8, 4) is 5.69 Å². The predicted octanol–water partition coefficient (Wildman–Crippen LogP) is 3.42. The molecule has 2 amide bonds. The normalized spacial score (nSPS) is 10.3. The van der Waals surface area contributed by atoms with Crippen molar-refractivity contribution in [3.05, 3.63) is 84.7 Å². The van der Waals surface area contributed by atoms with Gasteiger partial charge in [-0.05, 0) is 36.4 Å². The molecule has 3 aromatic rings. The number of aromatic nitrogens is 1. The molecule has 2 aromatic carbocycles. The fourth-order valence-corrected chi connectivity index (χ4v) is 3.29. The van der Waals surface area contributed by atoms with Crippen LogP contribution in [0.5, 0.6) is 0 Å². The van der Waals surface area contributed by atoms with Gasteiger partial charge in [-0.3, -0.25) is 20.4 Å². The van der Waals surface area contributed by atoms with E-state index < -0.39 is 0 Å². The molecule has 6 heteroatoms. The molecule has 26 heavy (non-hydrogen) atoms. The van der Waals surface area contributed by atoms with Crippen molar-refractivity contribution in [1.82, 2.24) is 15.4 Å². The molecule has 0 saturated heterocycles. The summed E-state index contributed by atoms with van der Waals surface area (Å²) >= 11 is 1.60. The van der Waals surface area contributed by atoms with Crippen molar-refractivity contribution < 1.29 is 9.59 Å². The summed E-state index contributed by atoms with van der Waals surface area (Å²) in [6.07, 6.45) is 4.05. The molecule has 1 aromatic heterocycles. The molecule has 0 unspecified atom stereocenters. The van der Waals surface area contributed by atoms with Gasteiger partial charge in [-0.1, -0.05) is 30.3 Å². The van der Waals surface area contributed by atoms with Crippen LogP contribution in [0.3, 0.4) is 0 Å². The first-order chi connectivity index (χ1) is 12.7. The number of para-hydroxylation sites is 1. The zero-order chi connectivity index (χ0) is 18.2. The SMILES string of the molecule is O=C(CCSc1ccccc1)NNC(=O)c1ccccc1-n1cccc1. The molecular weight excluding hydrogens is 346 g/mol. The maximum atomic E-state index is 12.4. The van der Waals surface area contributed by atoms with Crippen molar-refractivity contribution in [2.45, 2.75) is 11.3 Å². The molecule has 0 aliphatic heterocycles. The number of benzene rings is 2. The number of hydrazine groups is 1. The lowest BCUT2D eigenvalue weighted by atomic mass is 10.1. The Morgan fingerprint density at radius 2 is 1.54 bits per heavy atom. The fraction of sp³-hybridized carbons (Fsp3) is 0.100. The third-order valence-corrected chi connectivity index (χ3v) is 4.70. The quantitative estimate of drug-likeness (QED) is 0.520. The number of amides is 2. The average molecular weight is 365 g/mol. The topological polar surface area (TPSA) is 63.1 Å². The summed E-state index contributed by atoms with van der Waals surface area (Å²) in [5, 5.41) is 0. The minimum absolute atomic E-state index is 0.222. The van der Waals surface area contributed by atoms with Crippen LogP contribution in [-0.2, 0) is 4.79 Å². The van der Waals surface area contributed by atoms with E-state index in [1.807, 2.05) is 71.6 Å². The van der Waals surface area contributed by atoms with Crippen LogP contribution in [0, 0.1) is 0 Å². The van der Waals surface area contributed by atoms with Gasteiger partial charge < -0.3 is 4.57 Å². The lowest BCUT2D eigenvalue weighted by Crippen LogP contribution is -2.42. The van der Waals surface area contributed by atoms with Gasteiger partial charge >= 0.3 is 0 Å². The van der Waals surface area contributed by atoms with Crippen LogP contribution in [0.4, 0.5) is 0 Å². The van der Waals surface area contributed by atoms with Gasteiger partial charge in [0, 0.05) is 29.5 Å². The Hall–Kier alpha value is -2.99. The van der Waals surface area contributed by atoms with Gasteiger partial charge in [0.2, 0.25) is 5.91 Å². The van der Waals surface area contributed by atoms with Crippen molar-refractivity contribution >= 4 is 23.6 Å². The van der Waals surface area contributed by atoms with Gasteiger partial charge in [0.05, 0.1) is 11.3 Å². The molecule has 0 saturated carbocycles. The predicted molar refractivity (Wildman–Crippen MR) is 103 cm³/mol. The van der Waals surface area contributed by atoms with Crippen LogP contribution in [0.15, 0.2) is 84.0 Å². The van der Waals surface area contributed by atoms with Gasteiger partial charge in [-0.25, -0.2) is 0 Å². The van der Waals surface area contributed by atoms with Crippen LogP contribution >= 0.6 is 11.8 Å². The molecule has 2 N–H and O–H groups in total. The van der Waals surface area contributed by atoms with Crippen LogP contribution in [0.25, 0.3) is 5.69 Å². The molecule has 0 fully saturated rings. The fourth-order valence-electron chi connectivity index (χ4n) is 2.42. The summed E-state index contributed by atoms with van der Waals surface area (Å²) in [5.41, 5.74) is 6.21. The van der Waals surface area contributed by atoms with Gasteiger partial charge in [0.25, 0.3) is 5.91 Å². The second kappa shape index (κ2) is 8.92. The van der Waals surface area contributed by atoms with E-state index in [9.17, 15) is 9.59 Å². The van der Waals surface area contributed by atoms with Gasteiger partial charge in [0.1, 0.15) is 0 Å². The Bertz CT molecular complexity index is 864. The Morgan fingerprint density at radius 3 is 2.31 bits per heavy atom. The Kier molecular flexibility index (Phi) is 6.11. The van der Waals surface area contributed by atoms with Gasteiger partial charge in [0.15, 0.2) is 0 Å². The summed E-state index contributed by atoms with van der Waals surface area (Å²) in [4.78, 5) is 25.5. The number of carbonyl (C=O) groups is 2. The lowest BCUT2D eigenvalue weighted by Gasteiger charge is -2.11. The maximum Gasteiger partial charge on any atom is 0.271 e. The summed E-state index contributed by atoms with van der Waals surface area (Å²) in [6.45, 7) is 0. The van der Waals surface area contributed by atoms with Crippen LogP contribution < -0.4 is 10.9 Å². The summed E-state index contributed by atoms with van der Waals surface area (Å²) in [5.74, 6) is 0.0738. The minimum Gasteiger partial charge on any atom is -0.323 e. The second-order valence-corrected chi connectivity index (χ2v) is 6.69. The van der Waals surface area contributed by atoms with E-state index in [1.165, 1.54) is 0 Å². The van der Waals surface area contributed by atoms with Gasteiger partial charge in [-0.15, -0.1) is 11.8 Å². The average Bonchev–Trinajstić information content (AvgIpc) is 3.21. The third kappa shape index (κ3) is 4.77. The van der Waals surface area contributed by atoms with Crippen LogP contribution in [-0.4, -0.2) is 22.1 Å². The highest BCUT2D eigenvalue weighted by Crippen LogP contribution is 2.17. The second-order valence-electron chi connectivity index (χ2n) is 5.52. The third-order valence-electron chi connectivity index (χ3n) is 3.69. The summed E-state index contributed by atoms with van der Waals surface area (Å²) in [6, 6.07) is 20.9. The first-order valence-electron chi connectivity index (χ1n) is 8.23. The van der Waals surface area contributed by atoms with Crippen molar-refractivity contribution in [2.75, 3.05) is 5.75 Å². The zero-order valence-electron chi connectivity index (χ0n) is 14.1. The molecule has 0 aliphatic rings. The maximum absolute atomic E-state index is 12.4. The molecule has 5 nitrogen and oxygen atoms in total. The van der Waals surface area contributed by atoms with E-state index >= 15 is 0 Å². The van der Waals surface area contributed by atoms with E-state index in [-0.39, 0.29) is 11.8 Å². The molecule has 3 rings (SSSR count). The van der Waals surface area contributed by atoms with E-state index in [0.29, 0.717) is 17.7 Å². The lowest BCUT2D eigenvalue weighted by molar-refractivity contribution is -0.121. The van der Waals surface area contributed by atoms with E-state index in [0.717, 1.165) is 10.6 Å². The number of thioether (sulfide) groups is 1. The largest absolute Gasteiger partial charge is 0.323 e. The highest BCUT2D eigenvalue weighted by atomic mass is 32.2. The van der Waals surface area contributed by atoms with Crippen molar-refractivity contribution in [2.24, 2.45) is 0 Å². The molecule has 0 atom stereocenters. The van der Waals surface area contributed by atoms with E-state index in [4.69, 9.17) is 0 Å². The molecule has 0 spiro atoms. The molecule has 0 aliphatic carbocycles. The van der Waals surface area contributed by atoms with Gasteiger partial charge in [-0.2, -0.15) is 0 Å². The number of nitrogens with zero attached hydrogens (tertiary/aromatic N) is 1. The number of nitrogens with one attached hydrogen (secondary N) is 2. The molecular formula is C20H19N3O2S. The standard InChI is InChI=1S/C20H19N3O2S/c24-19(12-15-26-16-8-2-1-3-9-16)21-22-20(25)17-10-4-5-11-18(17)23-13-6-7-14-23/h1-11,13-14H,12,15H2,(H,21,24)(H,22,25). The molecule has 1 heterocycles. The zero-order valence-corrected chi connectivity index (χ0v) is 14.9. The molecule has 0 radical (unpaired) electrons. The highest BCUT2D eigenvalue weighted by molar-refractivity contribution is 7.99. The number of carbonyl (C=O) groups excluding carboxylic acids is 2.